The largest absolute Gasteiger partial charge is 0.493 e. The molecule has 0 fully saturated rings. The van der Waals surface area contributed by atoms with E-state index in [9.17, 15) is 0 Å². The van der Waals surface area contributed by atoms with Crippen LogP contribution in [-0.2, 0) is 12.8 Å². The molecule has 2 rings (SSSR count). The molecule has 0 radical (unpaired) electrons. The van der Waals surface area contributed by atoms with Gasteiger partial charge < -0.3 is 9.47 Å². The van der Waals surface area contributed by atoms with Crippen molar-refractivity contribution in [1.29, 1.82) is 0 Å². The van der Waals surface area contributed by atoms with Crippen LogP contribution in [0.15, 0.2) is 36.4 Å². The highest BCUT2D eigenvalue weighted by molar-refractivity contribution is 5.35. The fraction of sp³-hybridized carbons (Fsp3) is 0.429. The summed E-state index contributed by atoms with van der Waals surface area (Å²) in [5.74, 6) is 1.91. The van der Waals surface area contributed by atoms with Crippen LogP contribution in [0, 0.1) is 13.8 Å². The van der Waals surface area contributed by atoms with Gasteiger partial charge in [-0.15, -0.1) is 0 Å². The number of aryl methyl sites for hydroxylation is 4. The second-order valence-corrected chi connectivity index (χ2v) is 5.93. The van der Waals surface area contributed by atoms with E-state index in [1.54, 1.807) is 0 Å². The highest BCUT2D eigenvalue weighted by Crippen LogP contribution is 2.19. The SMILES string of the molecule is CCc1cc(OCCCOc2ccc(C)c(CC)c2)ccc1C. The van der Waals surface area contributed by atoms with Crippen molar-refractivity contribution < 1.29 is 9.47 Å². The summed E-state index contributed by atoms with van der Waals surface area (Å²) in [5, 5.41) is 0. The Hall–Kier alpha value is -1.96. The molecule has 0 aromatic heterocycles. The Kier molecular flexibility index (Phi) is 6.52. The lowest BCUT2D eigenvalue weighted by Gasteiger charge is -2.11. The molecule has 0 N–H and O–H groups in total. The predicted octanol–water partition coefficient (Wildman–Crippen LogP) is 5.28. The number of hydrogen-bond acceptors (Lipinski definition) is 2. The van der Waals surface area contributed by atoms with Crippen LogP contribution in [0.5, 0.6) is 11.5 Å². The summed E-state index contributed by atoms with van der Waals surface area (Å²) in [7, 11) is 0. The molecule has 0 spiro atoms. The first kappa shape index (κ1) is 17.4. The zero-order valence-corrected chi connectivity index (χ0v) is 14.8. The van der Waals surface area contributed by atoms with Crippen molar-refractivity contribution >= 4 is 0 Å². The molecule has 2 nitrogen and oxygen atoms in total. The van der Waals surface area contributed by atoms with E-state index in [4.69, 9.17) is 9.47 Å². The van der Waals surface area contributed by atoms with E-state index in [2.05, 4.69) is 52.0 Å². The summed E-state index contributed by atoms with van der Waals surface area (Å²) >= 11 is 0. The maximum absolute atomic E-state index is 5.83. The van der Waals surface area contributed by atoms with Gasteiger partial charge in [-0.05, 0) is 73.2 Å². The first-order chi connectivity index (χ1) is 11.1. The predicted molar refractivity (Wildman–Crippen MR) is 96.7 cm³/mol. The van der Waals surface area contributed by atoms with Gasteiger partial charge >= 0.3 is 0 Å². The molecule has 0 aliphatic rings. The standard InChI is InChI=1S/C21H28O2/c1-5-18-14-20(10-8-16(18)3)22-12-7-13-23-21-11-9-17(4)19(6-2)15-21/h8-11,14-15H,5-7,12-13H2,1-4H3. The highest BCUT2D eigenvalue weighted by atomic mass is 16.5. The zero-order valence-electron chi connectivity index (χ0n) is 14.8. The van der Waals surface area contributed by atoms with Crippen LogP contribution >= 0.6 is 0 Å². The number of hydrogen-bond donors (Lipinski definition) is 0. The van der Waals surface area contributed by atoms with Crippen molar-refractivity contribution in [2.24, 2.45) is 0 Å². The fourth-order valence-electron chi connectivity index (χ4n) is 2.68. The molecule has 0 unspecified atom stereocenters. The molecular formula is C21H28O2. The van der Waals surface area contributed by atoms with Crippen LogP contribution in [-0.4, -0.2) is 13.2 Å². The summed E-state index contributed by atoms with van der Waals surface area (Å²) in [6.45, 7) is 9.99. The molecule has 0 saturated heterocycles. The molecule has 0 amide bonds. The molecule has 23 heavy (non-hydrogen) atoms. The van der Waals surface area contributed by atoms with Crippen molar-refractivity contribution in [3.63, 3.8) is 0 Å². The van der Waals surface area contributed by atoms with E-state index >= 15 is 0 Å². The topological polar surface area (TPSA) is 18.5 Å². The molecule has 0 bridgehead atoms. The minimum atomic E-state index is 0.679. The molecule has 0 atom stereocenters. The third-order valence-electron chi connectivity index (χ3n) is 4.23. The first-order valence-corrected chi connectivity index (χ1v) is 8.58. The van der Waals surface area contributed by atoms with Crippen molar-refractivity contribution in [2.75, 3.05) is 13.2 Å². The summed E-state index contributed by atoms with van der Waals surface area (Å²) in [6.07, 6.45) is 2.96. The van der Waals surface area contributed by atoms with Gasteiger partial charge in [0.05, 0.1) is 13.2 Å². The first-order valence-electron chi connectivity index (χ1n) is 8.58. The number of benzene rings is 2. The Morgan fingerprint density at radius 2 is 1.13 bits per heavy atom. The molecule has 0 aliphatic carbocycles. The van der Waals surface area contributed by atoms with E-state index in [0.717, 1.165) is 30.8 Å². The third-order valence-corrected chi connectivity index (χ3v) is 4.23. The van der Waals surface area contributed by atoms with Crippen LogP contribution in [0.3, 0.4) is 0 Å². The lowest BCUT2D eigenvalue weighted by molar-refractivity contribution is 0.247. The second kappa shape index (κ2) is 8.61. The summed E-state index contributed by atoms with van der Waals surface area (Å²) in [6, 6.07) is 12.6. The van der Waals surface area contributed by atoms with Gasteiger partial charge in [0.15, 0.2) is 0 Å². The quantitative estimate of drug-likeness (QED) is 0.618. The normalized spacial score (nSPS) is 10.6. The van der Waals surface area contributed by atoms with E-state index in [0.29, 0.717) is 13.2 Å². The fourth-order valence-corrected chi connectivity index (χ4v) is 2.68. The molecule has 0 heterocycles. The Labute approximate surface area is 140 Å². The third kappa shape index (κ3) is 5.02. The summed E-state index contributed by atoms with van der Waals surface area (Å²) in [5.41, 5.74) is 5.36. The van der Waals surface area contributed by atoms with E-state index in [1.165, 1.54) is 22.3 Å². The van der Waals surface area contributed by atoms with Crippen molar-refractivity contribution in [3.05, 3.63) is 58.7 Å². The lowest BCUT2D eigenvalue weighted by Crippen LogP contribution is -2.05. The average molecular weight is 312 g/mol. The summed E-state index contributed by atoms with van der Waals surface area (Å²) in [4.78, 5) is 0. The number of ether oxygens (including phenoxy) is 2. The van der Waals surface area contributed by atoms with Crippen LogP contribution in [0.25, 0.3) is 0 Å². The lowest BCUT2D eigenvalue weighted by atomic mass is 10.1. The smallest absolute Gasteiger partial charge is 0.119 e. The molecule has 0 saturated carbocycles. The highest BCUT2D eigenvalue weighted by Gasteiger charge is 2.01. The van der Waals surface area contributed by atoms with Gasteiger partial charge in [0.25, 0.3) is 0 Å². The Balaban J connectivity index is 1.75. The van der Waals surface area contributed by atoms with Gasteiger partial charge in [0.2, 0.25) is 0 Å². The van der Waals surface area contributed by atoms with Gasteiger partial charge in [0, 0.05) is 6.42 Å². The van der Waals surface area contributed by atoms with Gasteiger partial charge in [-0.2, -0.15) is 0 Å². The van der Waals surface area contributed by atoms with E-state index in [1.807, 2.05) is 12.1 Å². The molecular weight excluding hydrogens is 284 g/mol. The summed E-state index contributed by atoms with van der Waals surface area (Å²) < 4.78 is 11.7. The maximum atomic E-state index is 5.83. The average Bonchev–Trinajstić information content (AvgIpc) is 2.57. The Bertz CT molecular complexity index is 576. The van der Waals surface area contributed by atoms with Crippen LogP contribution in [0.4, 0.5) is 0 Å². The Morgan fingerprint density at radius 3 is 1.52 bits per heavy atom. The van der Waals surface area contributed by atoms with Gasteiger partial charge in [-0.1, -0.05) is 26.0 Å². The van der Waals surface area contributed by atoms with Gasteiger partial charge in [-0.25, -0.2) is 0 Å². The van der Waals surface area contributed by atoms with Crippen molar-refractivity contribution in [3.8, 4) is 11.5 Å². The molecule has 2 aromatic carbocycles. The van der Waals surface area contributed by atoms with Gasteiger partial charge in [0.1, 0.15) is 11.5 Å². The molecule has 0 aliphatic heterocycles. The number of rotatable bonds is 8. The molecule has 2 aromatic rings. The van der Waals surface area contributed by atoms with Gasteiger partial charge in [-0.3, -0.25) is 0 Å². The van der Waals surface area contributed by atoms with E-state index in [-0.39, 0.29) is 0 Å². The minimum Gasteiger partial charge on any atom is -0.493 e. The second-order valence-electron chi connectivity index (χ2n) is 5.93. The maximum Gasteiger partial charge on any atom is 0.119 e. The minimum absolute atomic E-state index is 0.679. The van der Waals surface area contributed by atoms with Crippen LogP contribution in [0.1, 0.15) is 42.5 Å². The van der Waals surface area contributed by atoms with Crippen LogP contribution in [0.2, 0.25) is 0 Å². The molecule has 124 valence electrons. The van der Waals surface area contributed by atoms with Crippen LogP contribution < -0.4 is 9.47 Å². The monoisotopic (exact) mass is 312 g/mol. The van der Waals surface area contributed by atoms with Crippen molar-refractivity contribution in [1.82, 2.24) is 0 Å². The molecule has 2 heteroatoms. The Morgan fingerprint density at radius 1 is 0.696 bits per heavy atom. The van der Waals surface area contributed by atoms with Crippen molar-refractivity contribution in [2.45, 2.75) is 47.0 Å². The zero-order chi connectivity index (χ0) is 16.7. The van der Waals surface area contributed by atoms with E-state index < -0.39 is 0 Å².